The van der Waals surface area contributed by atoms with Crippen LogP contribution in [0.5, 0.6) is 0 Å². The van der Waals surface area contributed by atoms with E-state index in [0.29, 0.717) is 18.8 Å². The van der Waals surface area contributed by atoms with Crippen LogP contribution in [-0.4, -0.2) is 32.9 Å². The molecule has 23 heavy (non-hydrogen) atoms. The molecular weight excluding hydrogens is 436 g/mol. The van der Waals surface area contributed by atoms with Crippen molar-refractivity contribution in [1.29, 1.82) is 0 Å². The van der Waals surface area contributed by atoms with E-state index < -0.39 is 21.5 Å². The molecule has 122 valence electrons. The Morgan fingerprint density at radius 1 is 1.48 bits per heavy atom. The standard InChI is InChI=1S/C14H13FIN3O3S/c1-8-7-18-4-5-23(22)14(18)13(19(20)21)12(8)17-11-3-2-9(16)6-10(11)15/h2-3,6,17H,4-5,7H2,1H3. The second kappa shape index (κ2) is 6.19. The number of halogens is 2. The zero-order chi connectivity index (χ0) is 16.7. The summed E-state index contributed by atoms with van der Waals surface area (Å²) in [7, 11) is -1.40. The summed E-state index contributed by atoms with van der Waals surface area (Å²) in [6, 6.07) is 4.60. The second-order valence-corrected chi connectivity index (χ2v) is 8.02. The number of hydrogen-bond donors (Lipinski definition) is 1. The first-order chi connectivity index (χ1) is 10.9. The highest BCUT2D eigenvalue weighted by Gasteiger charge is 2.40. The van der Waals surface area contributed by atoms with E-state index in [-0.39, 0.29) is 22.1 Å². The predicted octanol–water partition coefficient (Wildman–Crippen LogP) is 2.64. The van der Waals surface area contributed by atoms with Gasteiger partial charge in [-0.2, -0.15) is 0 Å². The maximum atomic E-state index is 14.1. The number of anilines is 1. The Bertz CT molecular complexity index is 793. The van der Waals surface area contributed by atoms with Gasteiger partial charge in [0.05, 0.1) is 21.4 Å². The van der Waals surface area contributed by atoms with Gasteiger partial charge in [0.1, 0.15) is 11.5 Å². The number of nitrogens with one attached hydrogen (secondary N) is 1. The molecule has 1 saturated heterocycles. The summed E-state index contributed by atoms with van der Waals surface area (Å²) < 4.78 is 26.9. The van der Waals surface area contributed by atoms with E-state index in [1.165, 1.54) is 12.1 Å². The number of nitrogens with zero attached hydrogens (tertiary/aromatic N) is 2. The number of fused-ring (bicyclic) bond motifs is 1. The fraction of sp³-hybridized carbons (Fsp3) is 0.286. The van der Waals surface area contributed by atoms with Crippen LogP contribution in [0.1, 0.15) is 6.92 Å². The van der Waals surface area contributed by atoms with Gasteiger partial charge in [0, 0.05) is 22.4 Å². The summed E-state index contributed by atoms with van der Waals surface area (Å²) in [6.45, 7) is 2.74. The van der Waals surface area contributed by atoms with Gasteiger partial charge in [0.15, 0.2) is 5.03 Å². The number of nitro groups is 1. The molecule has 3 rings (SSSR count). The van der Waals surface area contributed by atoms with Crippen LogP contribution in [-0.2, 0) is 10.8 Å². The van der Waals surface area contributed by atoms with Gasteiger partial charge < -0.3 is 10.2 Å². The molecule has 2 aliphatic rings. The molecule has 1 unspecified atom stereocenters. The molecule has 1 aromatic carbocycles. The zero-order valence-electron chi connectivity index (χ0n) is 12.1. The van der Waals surface area contributed by atoms with Crippen molar-refractivity contribution in [3.63, 3.8) is 0 Å². The Morgan fingerprint density at radius 2 is 2.22 bits per heavy atom. The first-order valence-electron chi connectivity index (χ1n) is 6.82. The summed E-state index contributed by atoms with van der Waals surface area (Å²) in [6.07, 6.45) is 0. The minimum atomic E-state index is -1.40. The molecule has 0 amide bonds. The van der Waals surface area contributed by atoms with Crippen molar-refractivity contribution >= 4 is 39.1 Å². The van der Waals surface area contributed by atoms with Crippen LogP contribution in [0.2, 0.25) is 0 Å². The second-order valence-electron chi connectivity index (χ2n) is 5.29. The Labute approximate surface area is 148 Å². The fourth-order valence-corrected chi connectivity index (χ4v) is 4.55. The summed E-state index contributed by atoms with van der Waals surface area (Å²) in [4.78, 5) is 12.8. The Kier molecular flexibility index (Phi) is 4.41. The third kappa shape index (κ3) is 2.99. The van der Waals surface area contributed by atoms with Crippen LogP contribution < -0.4 is 5.32 Å². The number of rotatable bonds is 3. The van der Waals surface area contributed by atoms with Crippen molar-refractivity contribution in [2.45, 2.75) is 6.92 Å². The zero-order valence-corrected chi connectivity index (χ0v) is 15.1. The summed E-state index contributed by atoms with van der Waals surface area (Å²) in [5.41, 5.74) is 0.897. The molecule has 1 aromatic rings. The smallest absolute Gasteiger partial charge is 0.324 e. The lowest BCUT2D eigenvalue weighted by atomic mass is 10.1. The quantitative estimate of drug-likeness (QED) is 0.437. The normalized spacial score (nSPS) is 20.8. The molecule has 2 heterocycles. The van der Waals surface area contributed by atoms with E-state index in [1.807, 2.05) is 22.6 Å². The molecular formula is C14H13FIN3O3S. The first-order valence-corrected chi connectivity index (χ1v) is 9.22. The number of benzene rings is 1. The van der Waals surface area contributed by atoms with E-state index >= 15 is 0 Å². The summed E-state index contributed by atoms with van der Waals surface area (Å²) >= 11 is 1.99. The largest absolute Gasteiger partial charge is 0.354 e. The van der Waals surface area contributed by atoms with E-state index in [4.69, 9.17) is 0 Å². The summed E-state index contributed by atoms with van der Waals surface area (Å²) in [5.74, 6) is -0.106. The third-order valence-electron chi connectivity index (χ3n) is 3.72. The topological polar surface area (TPSA) is 75.5 Å². The lowest BCUT2D eigenvalue weighted by Gasteiger charge is -2.26. The lowest BCUT2D eigenvalue weighted by molar-refractivity contribution is -0.422. The molecule has 1 fully saturated rings. The average Bonchev–Trinajstić information content (AvgIpc) is 2.83. The molecule has 6 nitrogen and oxygen atoms in total. The summed E-state index contributed by atoms with van der Waals surface area (Å²) in [5, 5.41) is 14.6. The Balaban J connectivity index is 2.07. The molecule has 0 saturated carbocycles. The maximum absolute atomic E-state index is 14.1. The van der Waals surface area contributed by atoms with Gasteiger partial charge in [-0.3, -0.25) is 14.3 Å². The number of hydrogen-bond acceptors (Lipinski definition) is 5. The van der Waals surface area contributed by atoms with Crippen LogP contribution in [0.4, 0.5) is 10.1 Å². The van der Waals surface area contributed by atoms with E-state index in [9.17, 15) is 18.7 Å². The van der Waals surface area contributed by atoms with Crippen molar-refractivity contribution < 1.29 is 13.5 Å². The molecule has 0 bridgehead atoms. The van der Waals surface area contributed by atoms with Crippen LogP contribution in [0, 0.1) is 19.5 Å². The molecule has 2 aliphatic heterocycles. The Morgan fingerprint density at radius 3 is 2.87 bits per heavy atom. The third-order valence-corrected chi connectivity index (χ3v) is 5.82. The molecule has 0 aliphatic carbocycles. The minimum absolute atomic E-state index is 0.164. The van der Waals surface area contributed by atoms with Crippen LogP contribution in [0.25, 0.3) is 0 Å². The molecule has 9 heteroatoms. The van der Waals surface area contributed by atoms with E-state index in [0.717, 1.165) is 9.14 Å². The molecule has 1 atom stereocenters. The molecule has 0 aromatic heterocycles. The van der Waals surface area contributed by atoms with Gasteiger partial charge in [-0.15, -0.1) is 0 Å². The SMILES string of the molecule is CC1=C(Nc2ccc(I)cc2F)C([N+](=O)[O-])=C2N(CCS2=O)C1. The monoisotopic (exact) mass is 449 g/mol. The van der Waals surface area contributed by atoms with Crippen molar-refractivity contribution in [1.82, 2.24) is 4.90 Å². The van der Waals surface area contributed by atoms with Crippen LogP contribution in [0.3, 0.4) is 0 Å². The van der Waals surface area contributed by atoms with Gasteiger partial charge in [0.2, 0.25) is 0 Å². The van der Waals surface area contributed by atoms with E-state index in [1.54, 1.807) is 17.9 Å². The highest BCUT2D eigenvalue weighted by atomic mass is 127. The highest BCUT2D eigenvalue weighted by molar-refractivity contribution is 14.1. The predicted molar refractivity (Wildman–Crippen MR) is 94.0 cm³/mol. The van der Waals surface area contributed by atoms with Crippen LogP contribution >= 0.6 is 22.6 Å². The van der Waals surface area contributed by atoms with Gasteiger partial charge in [0.25, 0.3) is 0 Å². The van der Waals surface area contributed by atoms with Crippen molar-refractivity contribution in [3.05, 3.63) is 59.7 Å². The average molecular weight is 449 g/mol. The van der Waals surface area contributed by atoms with Crippen molar-refractivity contribution in [2.75, 3.05) is 24.2 Å². The minimum Gasteiger partial charge on any atom is -0.354 e. The molecule has 0 spiro atoms. The highest BCUT2D eigenvalue weighted by Crippen LogP contribution is 2.34. The van der Waals surface area contributed by atoms with Crippen molar-refractivity contribution in [3.8, 4) is 0 Å². The van der Waals surface area contributed by atoms with Crippen LogP contribution in [0.15, 0.2) is 40.2 Å². The molecule has 0 radical (unpaired) electrons. The fourth-order valence-electron chi connectivity index (χ4n) is 2.68. The first kappa shape index (κ1) is 16.4. The Hall–Kier alpha value is -1.49. The van der Waals surface area contributed by atoms with Gasteiger partial charge >= 0.3 is 5.70 Å². The van der Waals surface area contributed by atoms with E-state index in [2.05, 4.69) is 5.32 Å². The maximum Gasteiger partial charge on any atom is 0.324 e. The van der Waals surface area contributed by atoms with Crippen molar-refractivity contribution in [2.24, 2.45) is 0 Å². The van der Waals surface area contributed by atoms with Gasteiger partial charge in [-0.05, 0) is 53.3 Å². The lowest BCUT2D eigenvalue weighted by Crippen LogP contribution is -2.31. The molecule has 1 N–H and O–H groups in total. The van der Waals surface area contributed by atoms with Gasteiger partial charge in [-0.25, -0.2) is 4.39 Å². The van der Waals surface area contributed by atoms with Gasteiger partial charge in [-0.1, -0.05) is 0 Å².